The SMILES string of the molecule is CCC1OC2C(C)OS(=O)(=O)C2C1C. The third-order valence-corrected chi connectivity index (χ3v) is 5.18. The number of hydrogen-bond acceptors (Lipinski definition) is 4. The quantitative estimate of drug-likeness (QED) is 0.616. The van der Waals surface area contributed by atoms with Gasteiger partial charge in [-0.1, -0.05) is 13.8 Å². The first-order chi connectivity index (χ1) is 6.47. The van der Waals surface area contributed by atoms with E-state index in [1.54, 1.807) is 6.92 Å². The van der Waals surface area contributed by atoms with Gasteiger partial charge in [0.25, 0.3) is 10.1 Å². The van der Waals surface area contributed by atoms with Crippen LogP contribution in [0.5, 0.6) is 0 Å². The fourth-order valence-electron chi connectivity index (χ4n) is 2.52. The van der Waals surface area contributed by atoms with Gasteiger partial charge in [0.05, 0.1) is 6.10 Å². The van der Waals surface area contributed by atoms with Gasteiger partial charge in [0.15, 0.2) is 0 Å². The molecule has 2 fully saturated rings. The molecule has 0 aromatic carbocycles. The van der Waals surface area contributed by atoms with E-state index in [-0.39, 0.29) is 24.2 Å². The summed E-state index contributed by atoms with van der Waals surface area (Å²) in [5.74, 6) is 0.0416. The third-order valence-electron chi connectivity index (χ3n) is 3.24. The van der Waals surface area contributed by atoms with Gasteiger partial charge in [-0.2, -0.15) is 8.42 Å². The molecule has 0 aromatic rings. The Balaban J connectivity index is 2.32. The Kier molecular flexibility index (Phi) is 2.36. The zero-order valence-corrected chi connectivity index (χ0v) is 9.45. The first-order valence-electron chi connectivity index (χ1n) is 5.05. The first kappa shape index (κ1) is 10.4. The molecule has 5 unspecified atom stereocenters. The molecule has 2 rings (SSSR count). The predicted molar refractivity (Wildman–Crippen MR) is 51.4 cm³/mol. The Morgan fingerprint density at radius 1 is 1.29 bits per heavy atom. The summed E-state index contributed by atoms with van der Waals surface area (Å²) in [5.41, 5.74) is 0. The Morgan fingerprint density at radius 2 is 1.93 bits per heavy atom. The smallest absolute Gasteiger partial charge is 0.273 e. The monoisotopic (exact) mass is 220 g/mol. The van der Waals surface area contributed by atoms with Crippen molar-refractivity contribution >= 4 is 10.1 Å². The lowest BCUT2D eigenvalue weighted by Gasteiger charge is -2.16. The van der Waals surface area contributed by atoms with E-state index in [0.717, 1.165) is 6.42 Å². The summed E-state index contributed by atoms with van der Waals surface area (Å²) in [6.45, 7) is 5.70. The van der Waals surface area contributed by atoms with Crippen molar-refractivity contribution in [3.8, 4) is 0 Å². The number of rotatable bonds is 1. The topological polar surface area (TPSA) is 52.6 Å². The van der Waals surface area contributed by atoms with Crippen molar-refractivity contribution in [1.29, 1.82) is 0 Å². The third kappa shape index (κ3) is 1.30. The summed E-state index contributed by atoms with van der Waals surface area (Å²) in [7, 11) is -3.39. The maximum atomic E-state index is 11.6. The molecule has 0 N–H and O–H groups in total. The highest BCUT2D eigenvalue weighted by atomic mass is 32.2. The van der Waals surface area contributed by atoms with Gasteiger partial charge in [0.1, 0.15) is 17.5 Å². The molecule has 2 aliphatic rings. The maximum absolute atomic E-state index is 11.6. The van der Waals surface area contributed by atoms with Crippen molar-refractivity contribution in [3.05, 3.63) is 0 Å². The van der Waals surface area contributed by atoms with Crippen LogP contribution in [-0.2, 0) is 19.0 Å². The van der Waals surface area contributed by atoms with E-state index in [1.807, 2.05) is 13.8 Å². The van der Waals surface area contributed by atoms with E-state index in [0.29, 0.717) is 0 Å². The van der Waals surface area contributed by atoms with Crippen LogP contribution >= 0.6 is 0 Å². The summed E-state index contributed by atoms with van der Waals surface area (Å²) in [4.78, 5) is 0. The van der Waals surface area contributed by atoms with Gasteiger partial charge in [0.2, 0.25) is 0 Å². The van der Waals surface area contributed by atoms with Gasteiger partial charge in [-0.15, -0.1) is 0 Å². The van der Waals surface area contributed by atoms with E-state index < -0.39 is 15.4 Å². The van der Waals surface area contributed by atoms with Gasteiger partial charge < -0.3 is 4.74 Å². The predicted octanol–water partition coefficient (Wildman–Crippen LogP) is 0.917. The minimum absolute atomic E-state index is 0.0416. The van der Waals surface area contributed by atoms with Crippen molar-refractivity contribution in [2.24, 2.45) is 5.92 Å². The highest BCUT2D eigenvalue weighted by Gasteiger charge is 2.57. The van der Waals surface area contributed by atoms with E-state index in [1.165, 1.54) is 0 Å². The van der Waals surface area contributed by atoms with Crippen LogP contribution in [0.25, 0.3) is 0 Å². The molecule has 0 spiro atoms. The lowest BCUT2D eigenvalue weighted by molar-refractivity contribution is -0.00789. The summed E-state index contributed by atoms with van der Waals surface area (Å²) >= 11 is 0. The molecule has 0 aromatic heterocycles. The molecule has 2 saturated heterocycles. The molecule has 0 saturated carbocycles. The molecule has 14 heavy (non-hydrogen) atoms. The molecule has 4 nitrogen and oxygen atoms in total. The van der Waals surface area contributed by atoms with Gasteiger partial charge >= 0.3 is 0 Å². The average Bonchev–Trinajstić information content (AvgIpc) is 2.51. The Hall–Kier alpha value is -0.130. The fourth-order valence-corrected chi connectivity index (χ4v) is 4.49. The lowest BCUT2D eigenvalue weighted by Crippen LogP contribution is -2.29. The van der Waals surface area contributed by atoms with Crippen LogP contribution < -0.4 is 0 Å². The average molecular weight is 220 g/mol. The summed E-state index contributed by atoms with van der Waals surface area (Å²) < 4.78 is 33.9. The second-order valence-electron chi connectivity index (χ2n) is 4.17. The van der Waals surface area contributed by atoms with Crippen LogP contribution in [0.3, 0.4) is 0 Å². The van der Waals surface area contributed by atoms with Gasteiger partial charge in [-0.25, -0.2) is 0 Å². The highest BCUT2D eigenvalue weighted by molar-refractivity contribution is 7.87. The molecule has 2 aliphatic heterocycles. The Bertz CT molecular complexity index is 324. The van der Waals surface area contributed by atoms with Crippen molar-refractivity contribution < 1.29 is 17.3 Å². The molecular weight excluding hydrogens is 204 g/mol. The maximum Gasteiger partial charge on any atom is 0.273 e. The second kappa shape index (κ2) is 3.18. The molecule has 0 amide bonds. The first-order valence-corrected chi connectivity index (χ1v) is 6.52. The highest BCUT2D eigenvalue weighted by Crippen LogP contribution is 2.41. The molecule has 0 bridgehead atoms. The number of ether oxygens (including phenoxy) is 1. The van der Waals surface area contributed by atoms with E-state index in [4.69, 9.17) is 8.92 Å². The minimum Gasteiger partial charge on any atom is -0.370 e. The van der Waals surface area contributed by atoms with Crippen LogP contribution in [0.1, 0.15) is 27.2 Å². The van der Waals surface area contributed by atoms with Crippen LogP contribution in [0.4, 0.5) is 0 Å². The zero-order chi connectivity index (χ0) is 10.5. The van der Waals surface area contributed by atoms with E-state index in [2.05, 4.69) is 0 Å². The van der Waals surface area contributed by atoms with Crippen molar-refractivity contribution in [3.63, 3.8) is 0 Å². The van der Waals surface area contributed by atoms with Crippen LogP contribution in [-0.4, -0.2) is 32.0 Å². The lowest BCUT2D eigenvalue weighted by atomic mass is 9.98. The molecule has 2 heterocycles. The Labute approximate surface area is 84.7 Å². The van der Waals surface area contributed by atoms with Gasteiger partial charge in [0, 0.05) is 5.92 Å². The molecule has 0 radical (unpaired) electrons. The number of hydrogen-bond donors (Lipinski definition) is 0. The van der Waals surface area contributed by atoms with Gasteiger partial charge in [-0.05, 0) is 13.3 Å². The van der Waals surface area contributed by atoms with Crippen molar-refractivity contribution in [2.45, 2.75) is 50.8 Å². The molecular formula is C9H16O4S. The Morgan fingerprint density at radius 3 is 2.43 bits per heavy atom. The molecule has 5 heteroatoms. The summed E-state index contributed by atoms with van der Waals surface area (Å²) in [6.07, 6.45) is 0.325. The van der Waals surface area contributed by atoms with Crippen LogP contribution in [0.2, 0.25) is 0 Å². The molecule has 5 atom stereocenters. The van der Waals surface area contributed by atoms with Crippen LogP contribution in [0.15, 0.2) is 0 Å². The van der Waals surface area contributed by atoms with E-state index >= 15 is 0 Å². The molecule has 82 valence electrons. The van der Waals surface area contributed by atoms with E-state index in [9.17, 15) is 8.42 Å². The largest absolute Gasteiger partial charge is 0.370 e. The minimum atomic E-state index is -3.39. The van der Waals surface area contributed by atoms with Crippen LogP contribution in [0, 0.1) is 5.92 Å². The normalized spacial score (nSPS) is 50.6. The summed E-state index contributed by atoms with van der Waals surface area (Å²) in [5, 5.41) is -0.456. The fraction of sp³-hybridized carbons (Fsp3) is 1.00. The zero-order valence-electron chi connectivity index (χ0n) is 8.64. The van der Waals surface area contributed by atoms with Gasteiger partial charge in [-0.3, -0.25) is 4.18 Å². The summed E-state index contributed by atoms with van der Waals surface area (Å²) in [6, 6.07) is 0. The standard InChI is InChI=1S/C9H16O4S/c1-4-7-5(2)9-8(12-7)6(3)13-14(9,10)11/h5-9H,4H2,1-3H3. The second-order valence-corrected chi connectivity index (χ2v) is 5.89. The van der Waals surface area contributed by atoms with Crippen molar-refractivity contribution in [1.82, 2.24) is 0 Å². The number of fused-ring (bicyclic) bond motifs is 1. The molecule has 0 aliphatic carbocycles. The van der Waals surface area contributed by atoms with Crippen molar-refractivity contribution in [2.75, 3.05) is 0 Å².